The Labute approximate surface area is 115 Å². The fourth-order valence-corrected chi connectivity index (χ4v) is 1.23. The van der Waals surface area contributed by atoms with Crippen molar-refractivity contribution >= 4 is 23.8 Å². The summed E-state index contributed by atoms with van der Waals surface area (Å²) in [6, 6.07) is -3.10. The maximum absolute atomic E-state index is 11.7. The lowest BCUT2D eigenvalue weighted by Gasteiger charge is -2.19. The van der Waals surface area contributed by atoms with Gasteiger partial charge in [-0.05, 0) is 20.3 Å². The van der Waals surface area contributed by atoms with E-state index in [-0.39, 0.29) is 6.42 Å². The molecule has 0 aliphatic rings. The van der Waals surface area contributed by atoms with Crippen molar-refractivity contribution in [1.82, 2.24) is 10.6 Å². The number of carbonyl (C=O) groups excluding carboxylic acids is 2. The number of nitrogens with two attached hydrogens (primary N) is 1. The maximum Gasteiger partial charge on any atom is 0.326 e. The first kappa shape index (κ1) is 17.8. The van der Waals surface area contributed by atoms with Gasteiger partial charge >= 0.3 is 11.9 Å². The van der Waals surface area contributed by atoms with Crippen molar-refractivity contribution in [3.63, 3.8) is 0 Å². The molecule has 0 fully saturated rings. The Balaban J connectivity index is 4.48. The lowest BCUT2D eigenvalue weighted by atomic mass is 10.1. The second kappa shape index (κ2) is 8.10. The number of carboxylic acid groups (broad SMARTS) is 2. The number of carbonyl (C=O) groups is 4. The van der Waals surface area contributed by atoms with Crippen LogP contribution in [0.4, 0.5) is 0 Å². The van der Waals surface area contributed by atoms with Gasteiger partial charge in [0.1, 0.15) is 12.1 Å². The zero-order chi connectivity index (χ0) is 15.9. The van der Waals surface area contributed by atoms with Gasteiger partial charge in [-0.1, -0.05) is 0 Å². The van der Waals surface area contributed by atoms with Crippen LogP contribution in [0.15, 0.2) is 0 Å². The van der Waals surface area contributed by atoms with E-state index in [1.54, 1.807) is 0 Å². The second-order valence-corrected chi connectivity index (χ2v) is 4.35. The Hall–Kier alpha value is -2.16. The Morgan fingerprint density at radius 3 is 2.00 bits per heavy atom. The van der Waals surface area contributed by atoms with E-state index in [9.17, 15) is 19.2 Å². The highest BCUT2D eigenvalue weighted by molar-refractivity contribution is 5.91. The average Bonchev–Trinajstić information content (AvgIpc) is 2.32. The number of carboxylic acids is 2. The van der Waals surface area contributed by atoms with E-state index < -0.39 is 48.3 Å². The lowest BCUT2D eigenvalue weighted by Crippen LogP contribution is -2.52. The van der Waals surface area contributed by atoms with Gasteiger partial charge in [-0.25, -0.2) is 4.79 Å². The largest absolute Gasteiger partial charge is 0.481 e. The molecule has 0 bridgehead atoms. The third-order valence-electron chi connectivity index (χ3n) is 2.43. The van der Waals surface area contributed by atoms with Crippen molar-refractivity contribution in [1.29, 1.82) is 0 Å². The number of aliphatic carboxylic acids is 2. The molecule has 0 unspecified atom stereocenters. The van der Waals surface area contributed by atoms with E-state index in [2.05, 4.69) is 10.6 Å². The predicted octanol–water partition coefficient (Wildman–Crippen LogP) is -1.73. The van der Waals surface area contributed by atoms with Crippen LogP contribution in [0.2, 0.25) is 0 Å². The van der Waals surface area contributed by atoms with Crippen LogP contribution in [0.3, 0.4) is 0 Å². The minimum absolute atomic E-state index is 0.246. The van der Waals surface area contributed by atoms with Gasteiger partial charge in [-0.2, -0.15) is 0 Å². The summed E-state index contributed by atoms with van der Waals surface area (Å²) >= 11 is 0. The Kier molecular flexibility index (Phi) is 7.22. The van der Waals surface area contributed by atoms with Crippen molar-refractivity contribution in [2.75, 3.05) is 0 Å². The van der Waals surface area contributed by atoms with Crippen LogP contribution in [0.1, 0.15) is 26.7 Å². The molecule has 0 heterocycles. The molecule has 0 aromatic carbocycles. The molecule has 0 aromatic rings. The molecule has 0 aliphatic carbocycles. The Morgan fingerprint density at radius 1 is 1.05 bits per heavy atom. The summed E-state index contributed by atoms with van der Waals surface area (Å²) in [5, 5.41) is 21.8. The van der Waals surface area contributed by atoms with Gasteiger partial charge in [0, 0.05) is 6.42 Å². The minimum Gasteiger partial charge on any atom is -0.481 e. The van der Waals surface area contributed by atoms with E-state index in [1.807, 2.05) is 0 Å². The lowest BCUT2D eigenvalue weighted by molar-refractivity contribution is -0.143. The Bertz CT molecular complexity index is 396. The van der Waals surface area contributed by atoms with Crippen molar-refractivity contribution in [3.05, 3.63) is 0 Å². The second-order valence-electron chi connectivity index (χ2n) is 4.35. The molecular weight excluding hydrogens is 270 g/mol. The first-order valence-corrected chi connectivity index (χ1v) is 5.96. The molecule has 20 heavy (non-hydrogen) atoms. The number of nitrogens with one attached hydrogen (secondary N) is 2. The summed E-state index contributed by atoms with van der Waals surface area (Å²) in [4.78, 5) is 44.2. The molecule has 114 valence electrons. The minimum atomic E-state index is -1.34. The molecule has 3 atom stereocenters. The molecule has 0 saturated heterocycles. The smallest absolute Gasteiger partial charge is 0.326 e. The third-order valence-corrected chi connectivity index (χ3v) is 2.43. The molecule has 0 aliphatic heterocycles. The van der Waals surface area contributed by atoms with Crippen molar-refractivity contribution in [3.8, 4) is 0 Å². The highest BCUT2D eigenvalue weighted by atomic mass is 16.4. The first-order chi connectivity index (χ1) is 9.15. The van der Waals surface area contributed by atoms with Crippen LogP contribution in [-0.2, 0) is 19.2 Å². The van der Waals surface area contributed by atoms with Gasteiger partial charge in [0.2, 0.25) is 11.8 Å². The van der Waals surface area contributed by atoms with Crippen molar-refractivity contribution in [2.45, 2.75) is 44.8 Å². The number of hydrogen-bond donors (Lipinski definition) is 5. The molecular formula is C11H19N3O6. The van der Waals surface area contributed by atoms with Crippen LogP contribution in [0, 0.1) is 0 Å². The molecule has 0 rings (SSSR count). The summed E-state index contributed by atoms with van der Waals surface area (Å²) < 4.78 is 0. The number of hydrogen-bond acceptors (Lipinski definition) is 5. The monoisotopic (exact) mass is 289 g/mol. The fraction of sp³-hybridized carbons (Fsp3) is 0.636. The summed E-state index contributed by atoms with van der Waals surface area (Å²) in [5.74, 6) is -3.78. The van der Waals surface area contributed by atoms with Gasteiger partial charge in [0.25, 0.3) is 0 Å². The van der Waals surface area contributed by atoms with Crippen molar-refractivity contribution in [2.24, 2.45) is 5.73 Å². The van der Waals surface area contributed by atoms with Crippen LogP contribution in [0.25, 0.3) is 0 Å². The van der Waals surface area contributed by atoms with E-state index >= 15 is 0 Å². The van der Waals surface area contributed by atoms with Crippen LogP contribution in [0.5, 0.6) is 0 Å². The highest BCUT2D eigenvalue weighted by Gasteiger charge is 2.24. The SMILES string of the molecule is C[C@H](NC(=O)[C@@H](C)N)C(=O)N[C@@H](CCC(=O)O)C(=O)O. The third kappa shape index (κ3) is 6.69. The number of amides is 2. The fourth-order valence-electron chi connectivity index (χ4n) is 1.23. The molecule has 9 heteroatoms. The average molecular weight is 289 g/mol. The van der Waals surface area contributed by atoms with E-state index in [0.717, 1.165) is 0 Å². The van der Waals surface area contributed by atoms with E-state index in [4.69, 9.17) is 15.9 Å². The van der Waals surface area contributed by atoms with Gasteiger partial charge < -0.3 is 26.6 Å². The van der Waals surface area contributed by atoms with Gasteiger partial charge in [0.15, 0.2) is 0 Å². The predicted molar refractivity (Wildman–Crippen MR) is 67.7 cm³/mol. The van der Waals surface area contributed by atoms with Gasteiger partial charge in [-0.15, -0.1) is 0 Å². The normalized spacial score (nSPS) is 14.8. The Morgan fingerprint density at radius 2 is 1.60 bits per heavy atom. The quantitative estimate of drug-likeness (QED) is 0.355. The molecule has 0 aromatic heterocycles. The summed E-state index contributed by atoms with van der Waals surface area (Å²) in [7, 11) is 0. The topological polar surface area (TPSA) is 159 Å². The standard InChI is InChI=1S/C11H19N3O6/c1-5(12)9(17)13-6(2)10(18)14-7(11(19)20)3-4-8(15)16/h5-7H,3-4,12H2,1-2H3,(H,13,17)(H,14,18)(H,15,16)(H,19,20)/t5-,6+,7+/m1/s1. The number of rotatable bonds is 8. The highest BCUT2D eigenvalue weighted by Crippen LogP contribution is 1.99. The molecule has 6 N–H and O–H groups in total. The molecule has 9 nitrogen and oxygen atoms in total. The zero-order valence-corrected chi connectivity index (χ0v) is 11.3. The molecule has 0 spiro atoms. The van der Waals surface area contributed by atoms with Gasteiger partial charge in [0.05, 0.1) is 6.04 Å². The van der Waals surface area contributed by atoms with Crippen LogP contribution >= 0.6 is 0 Å². The summed E-state index contributed by atoms with van der Waals surface area (Å²) in [5.41, 5.74) is 5.31. The molecule has 2 amide bonds. The molecule has 0 saturated carbocycles. The maximum atomic E-state index is 11.7. The van der Waals surface area contributed by atoms with Crippen LogP contribution in [-0.4, -0.2) is 52.1 Å². The van der Waals surface area contributed by atoms with Crippen molar-refractivity contribution < 1.29 is 29.4 Å². The van der Waals surface area contributed by atoms with E-state index in [0.29, 0.717) is 0 Å². The zero-order valence-electron chi connectivity index (χ0n) is 11.3. The summed E-state index contributed by atoms with van der Waals surface area (Å²) in [6.07, 6.45) is -0.637. The molecule has 0 radical (unpaired) electrons. The summed E-state index contributed by atoms with van der Waals surface area (Å²) in [6.45, 7) is 2.80. The first-order valence-electron chi connectivity index (χ1n) is 5.96. The van der Waals surface area contributed by atoms with E-state index in [1.165, 1.54) is 13.8 Å². The van der Waals surface area contributed by atoms with Gasteiger partial charge in [-0.3, -0.25) is 14.4 Å². The van der Waals surface area contributed by atoms with Crippen LogP contribution < -0.4 is 16.4 Å².